The van der Waals surface area contributed by atoms with Crippen LogP contribution in [0.25, 0.3) is 11.5 Å². The van der Waals surface area contributed by atoms with Crippen molar-refractivity contribution in [3.63, 3.8) is 0 Å². The van der Waals surface area contributed by atoms with Gasteiger partial charge in [-0.1, -0.05) is 42.1 Å². The Morgan fingerprint density at radius 3 is 2.42 bits per heavy atom. The summed E-state index contributed by atoms with van der Waals surface area (Å²) in [5.41, 5.74) is 1.37. The summed E-state index contributed by atoms with van der Waals surface area (Å²) in [5.74, 6) is 2.37. The van der Waals surface area contributed by atoms with Crippen LogP contribution in [0, 0.1) is 0 Å². The van der Waals surface area contributed by atoms with Crippen molar-refractivity contribution in [2.45, 2.75) is 5.22 Å². The van der Waals surface area contributed by atoms with Crippen LogP contribution in [-0.2, 0) is 4.79 Å². The number of thioether (sulfide) groups is 1. The van der Waals surface area contributed by atoms with Gasteiger partial charge in [0.05, 0.1) is 18.4 Å². The highest BCUT2D eigenvalue weighted by molar-refractivity contribution is 7.99. The largest absolute Gasteiger partial charge is 0.496 e. The molecule has 0 spiro atoms. The normalized spacial score (nSPS) is 10.5. The summed E-state index contributed by atoms with van der Waals surface area (Å²) in [6.45, 7) is 0. The van der Waals surface area contributed by atoms with Crippen molar-refractivity contribution in [1.29, 1.82) is 0 Å². The molecule has 4 aromatic rings. The molecule has 1 N–H and O–H groups in total. The maximum atomic E-state index is 12.3. The van der Waals surface area contributed by atoms with Crippen molar-refractivity contribution in [3.8, 4) is 28.7 Å². The summed E-state index contributed by atoms with van der Waals surface area (Å²) < 4.78 is 16.7. The Bertz CT molecular complexity index is 1150. The molecular weight excluding hydrogens is 414 g/mol. The molecule has 0 aliphatic rings. The topological polar surface area (TPSA) is 86.5 Å². The van der Waals surface area contributed by atoms with E-state index in [1.54, 1.807) is 31.4 Å². The number of ether oxygens (including phenoxy) is 2. The van der Waals surface area contributed by atoms with Gasteiger partial charge >= 0.3 is 0 Å². The van der Waals surface area contributed by atoms with Crippen LogP contribution in [-0.4, -0.2) is 29.0 Å². The zero-order valence-electron chi connectivity index (χ0n) is 16.6. The number of amides is 1. The van der Waals surface area contributed by atoms with E-state index in [0.717, 1.165) is 17.5 Å². The molecule has 31 heavy (non-hydrogen) atoms. The predicted molar refractivity (Wildman–Crippen MR) is 119 cm³/mol. The summed E-state index contributed by atoms with van der Waals surface area (Å²) >= 11 is 1.16. The Morgan fingerprint density at radius 2 is 1.65 bits per heavy atom. The fourth-order valence-corrected chi connectivity index (χ4v) is 3.32. The molecule has 0 saturated carbocycles. The van der Waals surface area contributed by atoms with Crippen LogP contribution < -0.4 is 14.8 Å². The molecule has 0 bridgehead atoms. The third kappa shape index (κ3) is 5.43. The minimum absolute atomic E-state index is 0.135. The third-order valence-electron chi connectivity index (χ3n) is 4.19. The van der Waals surface area contributed by atoms with Gasteiger partial charge in [0.1, 0.15) is 17.2 Å². The molecule has 0 fully saturated rings. The first kappa shape index (κ1) is 20.5. The van der Waals surface area contributed by atoms with E-state index in [2.05, 4.69) is 15.5 Å². The van der Waals surface area contributed by atoms with Crippen molar-refractivity contribution in [1.82, 2.24) is 10.2 Å². The van der Waals surface area contributed by atoms with Gasteiger partial charge in [0, 0.05) is 5.69 Å². The first-order valence-corrected chi connectivity index (χ1v) is 10.4. The number of hydrogen-bond acceptors (Lipinski definition) is 7. The standard InChI is InChI=1S/C23H19N3O4S/c1-28-20-10-6-5-9-19(20)22-25-26-23(30-22)31-15-21(27)24-16-11-13-18(14-12-16)29-17-7-3-2-4-8-17/h2-14H,15H2,1H3,(H,24,27). The molecular formula is C23H19N3O4S. The minimum atomic E-state index is -0.182. The molecule has 1 aromatic heterocycles. The van der Waals surface area contributed by atoms with Gasteiger partial charge in [0.25, 0.3) is 11.1 Å². The van der Waals surface area contributed by atoms with Crippen LogP contribution in [0.3, 0.4) is 0 Å². The van der Waals surface area contributed by atoms with Crippen LogP contribution in [0.2, 0.25) is 0 Å². The van der Waals surface area contributed by atoms with Crippen LogP contribution in [0.4, 0.5) is 5.69 Å². The summed E-state index contributed by atoms with van der Waals surface area (Å²) in [5, 5.41) is 11.2. The van der Waals surface area contributed by atoms with Crippen LogP contribution in [0.5, 0.6) is 17.2 Å². The average molecular weight is 433 g/mol. The lowest BCUT2D eigenvalue weighted by atomic mass is 10.2. The van der Waals surface area contributed by atoms with Crippen molar-refractivity contribution < 1.29 is 18.7 Å². The molecule has 7 nitrogen and oxygen atoms in total. The van der Waals surface area contributed by atoms with Gasteiger partial charge in [-0.2, -0.15) is 0 Å². The molecule has 0 aliphatic heterocycles. The van der Waals surface area contributed by atoms with Crippen molar-refractivity contribution in [2.75, 3.05) is 18.2 Å². The average Bonchev–Trinajstić information content (AvgIpc) is 3.29. The van der Waals surface area contributed by atoms with E-state index >= 15 is 0 Å². The third-order valence-corrected chi connectivity index (χ3v) is 5.01. The monoisotopic (exact) mass is 433 g/mol. The van der Waals surface area contributed by atoms with E-state index in [1.165, 1.54) is 0 Å². The second-order valence-electron chi connectivity index (χ2n) is 6.35. The van der Waals surface area contributed by atoms with Gasteiger partial charge in [-0.15, -0.1) is 10.2 Å². The van der Waals surface area contributed by atoms with E-state index in [1.807, 2.05) is 54.6 Å². The van der Waals surface area contributed by atoms with E-state index in [9.17, 15) is 4.79 Å². The summed E-state index contributed by atoms with van der Waals surface area (Å²) in [6.07, 6.45) is 0. The summed E-state index contributed by atoms with van der Waals surface area (Å²) in [7, 11) is 1.58. The van der Waals surface area contributed by atoms with Gasteiger partial charge in [-0.3, -0.25) is 4.79 Å². The van der Waals surface area contributed by atoms with Crippen LogP contribution >= 0.6 is 11.8 Å². The molecule has 0 unspecified atom stereocenters. The van der Waals surface area contributed by atoms with Gasteiger partial charge in [0.2, 0.25) is 5.91 Å². The zero-order valence-corrected chi connectivity index (χ0v) is 17.5. The lowest BCUT2D eigenvalue weighted by molar-refractivity contribution is -0.113. The van der Waals surface area contributed by atoms with E-state index in [4.69, 9.17) is 13.9 Å². The Labute approximate surface area is 183 Å². The van der Waals surface area contributed by atoms with Gasteiger partial charge in [-0.05, 0) is 48.5 Å². The van der Waals surface area contributed by atoms with E-state index in [0.29, 0.717) is 33.9 Å². The molecule has 1 heterocycles. The molecule has 0 aliphatic carbocycles. The maximum absolute atomic E-state index is 12.3. The van der Waals surface area contributed by atoms with Gasteiger partial charge in [0.15, 0.2) is 0 Å². The fourth-order valence-electron chi connectivity index (χ4n) is 2.75. The highest BCUT2D eigenvalue weighted by atomic mass is 32.2. The summed E-state index contributed by atoms with van der Waals surface area (Å²) in [6, 6.07) is 24.0. The Balaban J connectivity index is 1.30. The number of methoxy groups -OCH3 is 1. The first-order chi connectivity index (χ1) is 15.2. The lowest BCUT2D eigenvalue weighted by Crippen LogP contribution is -2.13. The number of hydrogen-bond donors (Lipinski definition) is 1. The van der Waals surface area contributed by atoms with Gasteiger partial charge < -0.3 is 19.2 Å². The first-order valence-electron chi connectivity index (χ1n) is 9.44. The Morgan fingerprint density at radius 1 is 0.935 bits per heavy atom. The molecule has 0 radical (unpaired) electrons. The number of nitrogens with one attached hydrogen (secondary N) is 1. The molecule has 8 heteroatoms. The number of aromatic nitrogens is 2. The predicted octanol–water partition coefficient (Wildman–Crippen LogP) is 5.27. The number of rotatable bonds is 8. The fraction of sp³-hybridized carbons (Fsp3) is 0.0870. The molecule has 1 amide bonds. The van der Waals surface area contributed by atoms with Crippen molar-refractivity contribution >= 4 is 23.4 Å². The smallest absolute Gasteiger partial charge is 0.277 e. The minimum Gasteiger partial charge on any atom is -0.496 e. The molecule has 4 rings (SSSR count). The number of para-hydroxylation sites is 2. The Hall–Kier alpha value is -3.78. The number of anilines is 1. The number of benzene rings is 3. The second-order valence-corrected chi connectivity index (χ2v) is 7.28. The number of nitrogens with zero attached hydrogens (tertiary/aromatic N) is 2. The molecule has 156 valence electrons. The van der Waals surface area contributed by atoms with Crippen molar-refractivity contribution in [2.24, 2.45) is 0 Å². The number of carbonyl (C=O) groups excluding carboxylic acids is 1. The number of carbonyl (C=O) groups is 1. The van der Waals surface area contributed by atoms with E-state index in [-0.39, 0.29) is 11.7 Å². The quantitative estimate of drug-likeness (QED) is 0.379. The molecule has 3 aromatic carbocycles. The highest BCUT2D eigenvalue weighted by Gasteiger charge is 2.14. The second kappa shape index (κ2) is 9.82. The lowest BCUT2D eigenvalue weighted by Gasteiger charge is -2.07. The SMILES string of the molecule is COc1ccccc1-c1nnc(SCC(=O)Nc2ccc(Oc3ccccc3)cc2)o1. The van der Waals surface area contributed by atoms with Crippen LogP contribution in [0.15, 0.2) is 88.5 Å². The van der Waals surface area contributed by atoms with Crippen molar-refractivity contribution in [3.05, 3.63) is 78.9 Å². The summed E-state index contributed by atoms with van der Waals surface area (Å²) in [4.78, 5) is 12.3. The Kier molecular flexibility index (Phi) is 6.49. The highest BCUT2D eigenvalue weighted by Crippen LogP contribution is 2.30. The maximum Gasteiger partial charge on any atom is 0.277 e. The van der Waals surface area contributed by atoms with E-state index < -0.39 is 0 Å². The molecule has 0 atom stereocenters. The molecule has 0 saturated heterocycles. The zero-order chi connectivity index (χ0) is 21.5. The van der Waals surface area contributed by atoms with Crippen LogP contribution in [0.1, 0.15) is 0 Å². The van der Waals surface area contributed by atoms with Gasteiger partial charge in [-0.25, -0.2) is 0 Å².